The fraction of sp³-hybridized carbons (Fsp3) is 0.500. The van der Waals surface area contributed by atoms with Crippen molar-refractivity contribution >= 4 is 16.7 Å². The molecule has 0 aromatic heterocycles. The zero-order valence-electron chi connectivity index (χ0n) is 18.6. The molecule has 168 valence electrons. The van der Waals surface area contributed by atoms with Gasteiger partial charge in [-0.3, -0.25) is 4.90 Å². The lowest BCUT2D eigenvalue weighted by molar-refractivity contribution is 0.171. The van der Waals surface area contributed by atoms with Crippen LogP contribution in [0.1, 0.15) is 24.5 Å². The molecule has 0 spiro atoms. The average molecular weight is 444 g/mol. The molecule has 2 aliphatic heterocycles. The summed E-state index contributed by atoms with van der Waals surface area (Å²) >= 11 is 0. The van der Waals surface area contributed by atoms with Crippen molar-refractivity contribution in [3.63, 3.8) is 0 Å². The van der Waals surface area contributed by atoms with Gasteiger partial charge in [0.25, 0.3) is 0 Å². The second-order valence-corrected chi connectivity index (χ2v) is 9.56. The van der Waals surface area contributed by atoms with Gasteiger partial charge in [0.1, 0.15) is 13.2 Å². The Labute approximate surface area is 188 Å². The molecule has 2 aromatic rings. The predicted octanol–water partition coefficient (Wildman–Crippen LogP) is 3.29. The van der Waals surface area contributed by atoms with Gasteiger partial charge in [0.15, 0.2) is 11.5 Å². The molecule has 2 heterocycles. The lowest BCUT2D eigenvalue weighted by atomic mass is 10.1. The quantitative estimate of drug-likeness (QED) is 0.627. The van der Waals surface area contributed by atoms with E-state index < -0.39 is 11.0 Å². The van der Waals surface area contributed by atoms with E-state index in [0.717, 1.165) is 63.7 Å². The maximum absolute atomic E-state index is 11.6. The van der Waals surface area contributed by atoms with Gasteiger partial charge in [0.2, 0.25) is 0 Å². The van der Waals surface area contributed by atoms with Crippen molar-refractivity contribution in [3.8, 4) is 11.5 Å². The van der Waals surface area contributed by atoms with E-state index in [1.54, 1.807) is 6.26 Å². The molecule has 0 radical (unpaired) electrons. The van der Waals surface area contributed by atoms with E-state index in [2.05, 4.69) is 53.1 Å². The van der Waals surface area contributed by atoms with Gasteiger partial charge < -0.3 is 14.4 Å². The molecule has 4 rings (SSSR count). The molecule has 2 aliphatic rings. The SMILES string of the molecule is CCCN(Cc1ccc(N2CCN(S(C)=O)CC2)cc1)Cc1ccc2c(c1)OCCO2. The summed E-state index contributed by atoms with van der Waals surface area (Å²) in [6.07, 6.45) is 2.88. The number of ether oxygens (including phenoxy) is 2. The van der Waals surface area contributed by atoms with Crippen molar-refractivity contribution in [2.75, 3.05) is 57.1 Å². The van der Waals surface area contributed by atoms with Gasteiger partial charge in [-0.1, -0.05) is 25.1 Å². The maximum atomic E-state index is 11.6. The fourth-order valence-corrected chi connectivity index (χ4v) is 4.93. The zero-order chi connectivity index (χ0) is 21.6. The molecule has 0 amide bonds. The second-order valence-electron chi connectivity index (χ2n) is 8.19. The molecule has 7 heteroatoms. The largest absolute Gasteiger partial charge is 0.486 e. The number of nitrogens with zero attached hydrogens (tertiary/aromatic N) is 3. The van der Waals surface area contributed by atoms with Crippen LogP contribution in [-0.4, -0.2) is 65.6 Å². The standard InChI is InChI=1S/C24H33N3O3S/c1-3-10-25(19-21-6-9-23-24(17-21)30-16-15-29-23)18-20-4-7-22(8-5-20)26-11-13-27(14-12-26)31(2)28/h4-9,17H,3,10-16,18-19H2,1-2H3. The average Bonchev–Trinajstić information content (AvgIpc) is 2.80. The Kier molecular flexibility index (Phi) is 7.48. The van der Waals surface area contributed by atoms with Crippen LogP contribution in [0.15, 0.2) is 42.5 Å². The first-order valence-corrected chi connectivity index (χ1v) is 12.7. The van der Waals surface area contributed by atoms with Gasteiger partial charge in [0.05, 0.1) is 11.0 Å². The number of hydrogen-bond donors (Lipinski definition) is 0. The normalized spacial score (nSPS) is 17.7. The monoisotopic (exact) mass is 443 g/mol. The number of rotatable bonds is 8. The number of piperazine rings is 1. The Balaban J connectivity index is 1.36. The summed E-state index contributed by atoms with van der Waals surface area (Å²) in [7, 11) is -0.868. The fourth-order valence-electron chi connectivity index (χ4n) is 4.25. The molecule has 1 unspecified atom stereocenters. The van der Waals surface area contributed by atoms with Crippen molar-refractivity contribution in [2.24, 2.45) is 0 Å². The second kappa shape index (κ2) is 10.5. The first-order chi connectivity index (χ1) is 15.1. The van der Waals surface area contributed by atoms with Crippen LogP contribution in [0.25, 0.3) is 0 Å². The van der Waals surface area contributed by atoms with E-state index in [0.29, 0.717) is 13.2 Å². The first kappa shape index (κ1) is 22.1. The van der Waals surface area contributed by atoms with Crippen LogP contribution in [0, 0.1) is 0 Å². The Morgan fingerprint density at radius 1 is 0.903 bits per heavy atom. The lowest BCUT2D eigenvalue weighted by Gasteiger charge is -2.34. The van der Waals surface area contributed by atoms with E-state index >= 15 is 0 Å². The van der Waals surface area contributed by atoms with Gasteiger partial charge in [-0.25, -0.2) is 8.51 Å². The van der Waals surface area contributed by atoms with Gasteiger partial charge in [-0.2, -0.15) is 0 Å². The Morgan fingerprint density at radius 3 is 2.23 bits per heavy atom. The summed E-state index contributed by atoms with van der Waals surface area (Å²) in [4.78, 5) is 4.86. The Hall–Kier alpha value is -2.09. The highest BCUT2D eigenvalue weighted by Crippen LogP contribution is 2.31. The van der Waals surface area contributed by atoms with E-state index in [9.17, 15) is 4.21 Å². The van der Waals surface area contributed by atoms with Crippen LogP contribution in [-0.2, 0) is 24.1 Å². The molecule has 31 heavy (non-hydrogen) atoms. The summed E-state index contributed by atoms with van der Waals surface area (Å²) < 4.78 is 25.1. The third kappa shape index (κ3) is 5.79. The molecular formula is C24H33N3O3S. The predicted molar refractivity (Wildman–Crippen MR) is 126 cm³/mol. The highest BCUT2D eigenvalue weighted by atomic mass is 32.2. The molecule has 0 N–H and O–H groups in total. The highest BCUT2D eigenvalue weighted by molar-refractivity contribution is 7.81. The summed E-state index contributed by atoms with van der Waals surface area (Å²) in [5, 5.41) is 0. The Bertz CT molecular complexity index is 882. The molecule has 1 saturated heterocycles. The summed E-state index contributed by atoms with van der Waals surface area (Å²) in [6, 6.07) is 15.2. The van der Waals surface area contributed by atoms with E-state index in [-0.39, 0.29) is 0 Å². The van der Waals surface area contributed by atoms with Gasteiger partial charge in [-0.15, -0.1) is 0 Å². The van der Waals surface area contributed by atoms with Crippen molar-refractivity contribution in [3.05, 3.63) is 53.6 Å². The van der Waals surface area contributed by atoms with Crippen molar-refractivity contribution in [1.82, 2.24) is 9.21 Å². The number of benzene rings is 2. The van der Waals surface area contributed by atoms with Gasteiger partial charge in [0, 0.05) is 51.2 Å². The summed E-state index contributed by atoms with van der Waals surface area (Å²) in [5.41, 5.74) is 3.82. The molecule has 1 atom stereocenters. The van der Waals surface area contributed by atoms with E-state index in [4.69, 9.17) is 9.47 Å². The molecule has 0 bridgehead atoms. The third-order valence-corrected chi connectivity index (χ3v) is 6.95. The first-order valence-electron chi connectivity index (χ1n) is 11.2. The number of hydrogen-bond acceptors (Lipinski definition) is 5. The van der Waals surface area contributed by atoms with Crippen LogP contribution in [0.3, 0.4) is 0 Å². The van der Waals surface area contributed by atoms with Gasteiger partial charge >= 0.3 is 0 Å². The smallest absolute Gasteiger partial charge is 0.161 e. The summed E-state index contributed by atoms with van der Waals surface area (Å²) in [5.74, 6) is 1.70. The minimum absolute atomic E-state index is 0.618. The summed E-state index contributed by atoms with van der Waals surface area (Å²) in [6.45, 7) is 9.87. The lowest BCUT2D eigenvalue weighted by Crippen LogP contribution is -2.46. The van der Waals surface area contributed by atoms with Crippen molar-refractivity contribution in [1.29, 1.82) is 0 Å². The van der Waals surface area contributed by atoms with Crippen LogP contribution in [0.5, 0.6) is 11.5 Å². The van der Waals surface area contributed by atoms with Crippen LogP contribution >= 0.6 is 0 Å². The Morgan fingerprint density at radius 2 is 1.55 bits per heavy atom. The minimum atomic E-state index is -0.868. The minimum Gasteiger partial charge on any atom is -0.486 e. The molecule has 0 aliphatic carbocycles. The molecule has 0 saturated carbocycles. The van der Waals surface area contributed by atoms with Crippen LogP contribution in [0.2, 0.25) is 0 Å². The number of anilines is 1. The molecule has 1 fully saturated rings. The molecular weight excluding hydrogens is 410 g/mol. The third-order valence-electron chi connectivity index (χ3n) is 5.86. The zero-order valence-corrected chi connectivity index (χ0v) is 19.4. The van der Waals surface area contributed by atoms with Crippen molar-refractivity contribution in [2.45, 2.75) is 26.4 Å². The molecule has 2 aromatic carbocycles. The topological polar surface area (TPSA) is 45.2 Å². The van der Waals surface area contributed by atoms with E-state index in [1.807, 2.05) is 10.4 Å². The van der Waals surface area contributed by atoms with Crippen LogP contribution in [0.4, 0.5) is 5.69 Å². The number of fused-ring (bicyclic) bond motifs is 1. The maximum Gasteiger partial charge on any atom is 0.161 e. The van der Waals surface area contributed by atoms with Gasteiger partial charge in [-0.05, 0) is 48.4 Å². The van der Waals surface area contributed by atoms with Crippen molar-refractivity contribution < 1.29 is 13.7 Å². The van der Waals surface area contributed by atoms with E-state index in [1.165, 1.54) is 16.8 Å². The highest BCUT2D eigenvalue weighted by Gasteiger charge is 2.19. The van der Waals surface area contributed by atoms with Crippen LogP contribution < -0.4 is 14.4 Å². The molecule has 6 nitrogen and oxygen atoms in total.